The lowest BCUT2D eigenvalue weighted by Gasteiger charge is -2.22. The summed E-state index contributed by atoms with van der Waals surface area (Å²) in [5, 5.41) is 3.61. The van der Waals surface area contributed by atoms with Crippen molar-refractivity contribution >= 4 is 21.7 Å². The van der Waals surface area contributed by atoms with E-state index in [1.54, 1.807) is 12.6 Å². The summed E-state index contributed by atoms with van der Waals surface area (Å²) in [5.41, 5.74) is 6.16. The van der Waals surface area contributed by atoms with Gasteiger partial charge in [0.2, 0.25) is 0 Å². The number of furan rings is 1. The average Bonchev–Trinajstić information content (AvgIpc) is 3.20. The Hall–Kier alpha value is -3.46. The van der Waals surface area contributed by atoms with Crippen LogP contribution in [0.15, 0.2) is 83.7 Å². The SMILES string of the molecule is CC(C)(C)c1cc(-c2cc(-c3ccc4ccoc4c3)ncn2)cc2ccccc12. The maximum absolute atomic E-state index is 5.55. The van der Waals surface area contributed by atoms with Crippen LogP contribution in [0.25, 0.3) is 44.3 Å². The van der Waals surface area contributed by atoms with Gasteiger partial charge >= 0.3 is 0 Å². The van der Waals surface area contributed by atoms with Crippen LogP contribution < -0.4 is 0 Å². The van der Waals surface area contributed by atoms with Gasteiger partial charge in [-0.05, 0) is 52.1 Å². The van der Waals surface area contributed by atoms with Gasteiger partial charge in [-0.2, -0.15) is 0 Å². The minimum absolute atomic E-state index is 0.0375. The highest BCUT2D eigenvalue weighted by atomic mass is 16.3. The molecule has 5 aromatic rings. The zero-order valence-corrected chi connectivity index (χ0v) is 16.8. The molecular formula is C26H22N2O. The van der Waals surface area contributed by atoms with E-state index in [-0.39, 0.29) is 5.41 Å². The van der Waals surface area contributed by atoms with Crippen LogP contribution in [-0.4, -0.2) is 9.97 Å². The first-order valence-electron chi connectivity index (χ1n) is 9.82. The van der Waals surface area contributed by atoms with Crippen molar-refractivity contribution in [2.45, 2.75) is 26.2 Å². The average molecular weight is 378 g/mol. The molecule has 0 aliphatic heterocycles. The second-order valence-corrected chi connectivity index (χ2v) is 8.46. The van der Waals surface area contributed by atoms with E-state index in [9.17, 15) is 0 Å². The fourth-order valence-corrected chi connectivity index (χ4v) is 3.87. The molecule has 2 aromatic heterocycles. The molecule has 0 atom stereocenters. The van der Waals surface area contributed by atoms with Gasteiger partial charge in [0.05, 0.1) is 17.7 Å². The second kappa shape index (κ2) is 6.56. The van der Waals surface area contributed by atoms with Crippen molar-refractivity contribution in [2.75, 3.05) is 0 Å². The van der Waals surface area contributed by atoms with Crippen LogP contribution in [0.3, 0.4) is 0 Å². The largest absolute Gasteiger partial charge is 0.464 e. The lowest BCUT2D eigenvalue weighted by Crippen LogP contribution is -2.12. The minimum atomic E-state index is 0.0375. The number of rotatable bonds is 2. The minimum Gasteiger partial charge on any atom is -0.464 e. The summed E-state index contributed by atoms with van der Waals surface area (Å²) in [6.45, 7) is 6.76. The third kappa shape index (κ3) is 3.19. The number of benzene rings is 3. The molecular weight excluding hydrogens is 356 g/mol. The van der Waals surface area contributed by atoms with E-state index in [0.29, 0.717) is 0 Å². The Kier molecular flexibility index (Phi) is 3.99. The highest BCUT2D eigenvalue weighted by molar-refractivity contribution is 5.91. The molecule has 3 nitrogen and oxygen atoms in total. The van der Waals surface area contributed by atoms with Gasteiger partial charge in [-0.1, -0.05) is 57.2 Å². The second-order valence-electron chi connectivity index (χ2n) is 8.46. The van der Waals surface area contributed by atoms with Crippen LogP contribution in [-0.2, 0) is 5.41 Å². The molecule has 0 unspecified atom stereocenters. The molecule has 2 heterocycles. The van der Waals surface area contributed by atoms with Crippen molar-refractivity contribution in [3.8, 4) is 22.5 Å². The first-order valence-corrected chi connectivity index (χ1v) is 9.82. The lowest BCUT2D eigenvalue weighted by molar-refractivity contribution is 0.596. The van der Waals surface area contributed by atoms with Gasteiger partial charge in [-0.15, -0.1) is 0 Å². The summed E-state index contributed by atoms with van der Waals surface area (Å²) in [5.74, 6) is 0. The summed E-state index contributed by atoms with van der Waals surface area (Å²) < 4.78 is 5.55. The van der Waals surface area contributed by atoms with Gasteiger partial charge in [0.1, 0.15) is 11.9 Å². The molecule has 0 fully saturated rings. The summed E-state index contributed by atoms with van der Waals surface area (Å²) >= 11 is 0. The molecule has 5 rings (SSSR count). The molecule has 0 radical (unpaired) electrons. The fraction of sp³-hybridized carbons (Fsp3) is 0.154. The topological polar surface area (TPSA) is 38.9 Å². The zero-order valence-electron chi connectivity index (χ0n) is 16.8. The quantitative estimate of drug-likeness (QED) is 0.332. The number of hydrogen-bond donors (Lipinski definition) is 0. The van der Waals surface area contributed by atoms with Crippen molar-refractivity contribution < 1.29 is 4.42 Å². The third-order valence-electron chi connectivity index (χ3n) is 5.38. The highest BCUT2D eigenvalue weighted by Gasteiger charge is 2.18. The number of fused-ring (bicyclic) bond motifs is 2. The van der Waals surface area contributed by atoms with Crippen LogP contribution in [0.5, 0.6) is 0 Å². The normalized spacial score (nSPS) is 12.0. The lowest BCUT2D eigenvalue weighted by atomic mass is 9.82. The molecule has 0 spiro atoms. The van der Waals surface area contributed by atoms with E-state index >= 15 is 0 Å². The Bertz CT molecular complexity index is 1340. The van der Waals surface area contributed by atoms with Crippen LogP contribution in [0.1, 0.15) is 26.3 Å². The van der Waals surface area contributed by atoms with E-state index in [1.807, 2.05) is 12.1 Å². The molecule has 3 heteroatoms. The monoisotopic (exact) mass is 378 g/mol. The van der Waals surface area contributed by atoms with Crippen LogP contribution in [0.2, 0.25) is 0 Å². The zero-order chi connectivity index (χ0) is 20.0. The maximum atomic E-state index is 5.55. The standard InChI is InChI=1S/C26H22N2O/c1-26(2,3)22-13-20(12-18-6-4-5-7-21(18)22)24-15-23(27-16-28-24)19-9-8-17-10-11-29-25(17)14-19/h4-16H,1-3H3. The first-order chi connectivity index (χ1) is 14.0. The van der Waals surface area contributed by atoms with E-state index < -0.39 is 0 Å². The smallest absolute Gasteiger partial charge is 0.134 e. The maximum Gasteiger partial charge on any atom is 0.134 e. The summed E-state index contributed by atoms with van der Waals surface area (Å²) in [4.78, 5) is 9.09. The highest BCUT2D eigenvalue weighted by Crippen LogP contribution is 2.35. The Labute approximate surface area is 170 Å². The van der Waals surface area contributed by atoms with Crippen molar-refractivity contribution in [3.05, 3.63) is 84.9 Å². The molecule has 3 aromatic carbocycles. The molecule has 0 aliphatic carbocycles. The van der Waals surface area contributed by atoms with Crippen molar-refractivity contribution in [2.24, 2.45) is 0 Å². The molecule has 142 valence electrons. The Morgan fingerprint density at radius 1 is 0.724 bits per heavy atom. The molecule has 0 saturated heterocycles. The summed E-state index contributed by atoms with van der Waals surface area (Å²) in [6, 6.07) is 23.2. The van der Waals surface area contributed by atoms with Crippen molar-refractivity contribution in [1.29, 1.82) is 0 Å². The van der Waals surface area contributed by atoms with E-state index in [1.165, 1.54) is 16.3 Å². The van der Waals surface area contributed by atoms with Gasteiger partial charge in [-0.25, -0.2) is 9.97 Å². The summed E-state index contributed by atoms with van der Waals surface area (Å²) in [7, 11) is 0. The molecule has 0 amide bonds. The van der Waals surface area contributed by atoms with E-state index in [4.69, 9.17) is 4.42 Å². The Morgan fingerprint density at radius 3 is 2.34 bits per heavy atom. The van der Waals surface area contributed by atoms with Crippen LogP contribution >= 0.6 is 0 Å². The van der Waals surface area contributed by atoms with Gasteiger partial charge in [0.25, 0.3) is 0 Å². The van der Waals surface area contributed by atoms with Crippen molar-refractivity contribution in [1.82, 2.24) is 9.97 Å². The van der Waals surface area contributed by atoms with E-state index in [0.717, 1.165) is 33.5 Å². The number of aromatic nitrogens is 2. The predicted octanol–water partition coefficient (Wildman–Crippen LogP) is 7.01. The Balaban J connectivity index is 1.66. The number of hydrogen-bond acceptors (Lipinski definition) is 3. The van der Waals surface area contributed by atoms with Crippen molar-refractivity contribution in [3.63, 3.8) is 0 Å². The molecule has 29 heavy (non-hydrogen) atoms. The number of nitrogens with zero attached hydrogens (tertiary/aromatic N) is 2. The predicted molar refractivity (Wildman–Crippen MR) is 119 cm³/mol. The molecule has 0 bridgehead atoms. The van der Waals surface area contributed by atoms with Gasteiger partial charge < -0.3 is 4.42 Å². The van der Waals surface area contributed by atoms with Crippen LogP contribution in [0.4, 0.5) is 0 Å². The van der Waals surface area contributed by atoms with Gasteiger partial charge in [0, 0.05) is 16.5 Å². The third-order valence-corrected chi connectivity index (χ3v) is 5.38. The fourth-order valence-electron chi connectivity index (χ4n) is 3.87. The first kappa shape index (κ1) is 17.6. The van der Waals surface area contributed by atoms with Gasteiger partial charge in [-0.3, -0.25) is 0 Å². The van der Waals surface area contributed by atoms with Gasteiger partial charge in [0.15, 0.2) is 0 Å². The Morgan fingerprint density at radius 2 is 1.52 bits per heavy atom. The summed E-state index contributed by atoms with van der Waals surface area (Å²) in [6.07, 6.45) is 3.35. The molecule has 0 N–H and O–H groups in total. The molecule has 0 aliphatic rings. The van der Waals surface area contributed by atoms with Crippen LogP contribution in [0, 0.1) is 0 Å². The molecule has 0 saturated carbocycles. The van der Waals surface area contributed by atoms with E-state index in [2.05, 4.69) is 85.3 Å².